The zero-order valence-corrected chi connectivity index (χ0v) is 18.6. The van der Waals surface area contributed by atoms with E-state index in [-0.39, 0.29) is 29.6 Å². The number of nitrogens with one attached hydrogen (secondary N) is 2. The lowest BCUT2D eigenvalue weighted by Crippen LogP contribution is -2.27. The van der Waals surface area contributed by atoms with Crippen LogP contribution in [-0.2, 0) is 19.5 Å². The first-order chi connectivity index (χ1) is 14.8. The number of carbonyl (C=O) groups is 2. The van der Waals surface area contributed by atoms with E-state index in [0.717, 1.165) is 10.1 Å². The average Bonchev–Trinajstić information content (AvgIpc) is 3.18. The maximum atomic E-state index is 12.7. The molecular formula is C21H22N2O6S2. The van der Waals surface area contributed by atoms with Crippen LogP contribution < -0.4 is 10.0 Å². The van der Waals surface area contributed by atoms with Crippen LogP contribution in [0.3, 0.4) is 0 Å². The normalized spacial score (nSPS) is 11.4. The molecule has 2 aromatic carbocycles. The maximum Gasteiger partial charge on any atom is 0.348 e. The van der Waals surface area contributed by atoms with Gasteiger partial charge in [-0.05, 0) is 54.8 Å². The second kappa shape index (κ2) is 10.0. The molecule has 3 aromatic rings. The monoisotopic (exact) mass is 462 g/mol. The minimum Gasteiger partial charge on any atom is -0.462 e. The van der Waals surface area contributed by atoms with E-state index in [1.165, 1.54) is 42.7 Å². The second-order valence-corrected chi connectivity index (χ2v) is 9.31. The number of hydrogen-bond donors (Lipinski definition) is 2. The standard InChI is InChI=1S/C21H22N2O6S2/c1-3-29-21(25)19-13-15-11-16(7-8-18(15)30-19)23-20(24)14-5-4-6-17(12-14)31(26,27)22-9-10-28-2/h4-8,11-13,22H,3,9-10H2,1-2H3,(H,23,24). The number of sulfonamides is 1. The summed E-state index contributed by atoms with van der Waals surface area (Å²) in [6, 6.07) is 12.8. The van der Waals surface area contributed by atoms with Gasteiger partial charge in [0.25, 0.3) is 5.91 Å². The van der Waals surface area contributed by atoms with Crippen molar-refractivity contribution in [2.24, 2.45) is 0 Å². The zero-order valence-electron chi connectivity index (χ0n) is 17.0. The van der Waals surface area contributed by atoms with Gasteiger partial charge in [-0.3, -0.25) is 4.79 Å². The van der Waals surface area contributed by atoms with Crippen LogP contribution in [0.15, 0.2) is 53.4 Å². The molecule has 0 aliphatic rings. The van der Waals surface area contributed by atoms with E-state index < -0.39 is 15.9 Å². The molecule has 1 heterocycles. The Bertz CT molecular complexity index is 1200. The number of carbonyl (C=O) groups excluding carboxylic acids is 2. The van der Waals surface area contributed by atoms with Crippen molar-refractivity contribution in [3.63, 3.8) is 0 Å². The summed E-state index contributed by atoms with van der Waals surface area (Å²) >= 11 is 1.31. The lowest BCUT2D eigenvalue weighted by atomic mass is 10.2. The third-order valence-electron chi connectivity index (χ3n) is 4.26. The fourth-order valence-electron chi connectivity index (χ4n) is 2.79. The van der Waals surface area contributed by atoms with Gasteiger partial charge < -0.3 is 14.8 Å². The summed E-state index contributed by atoms with van der Waals surface area (Å²) in [6.45, 7) is 2.41. The molecule has 0 spiro atoms. The molecule has 1 amide bonds. The van der Waals surface area contributed by atoms with Crippen LogP contribution in [0.1, 0.15) is 27.0 Å². The van der Waals surface area contributed by atoms with Crippen LogP contribution in [0.25, 0.3) is 10.1 Å². The molecule has 0 saturated heterocycles. The lowest BCUT2D eigenvalue weighted by Gasteiger charge is -2.09. The van der Waals surface area contributed by atoms with Crippen molar-refractivity contribution in [2.75, 3.05) is 32.2 Å². The van der Waals surface area contributed by atoms with E-state index in [2.05, 4.69) is 10.0 Å². The highest BCUT2D eigenvalue weighted by Gasteiger charge is 2.17. The van der Waals surface area contributed by atoms with E-state index >= 15 is 0 Å². The fraction of sp³-hybridized carbons (Fsp3) is 0.238. The Morgan fingerprint density at radius 3 is 2.65 bits per heavy atom. The molecular weight excluding hydrogens is 440 g/mol. The second-order valence-electron chi connectivity index (χ2n) is 6.46. The van der Waals surface area contributed by atoms with E-state index in [1.54, 1.807) is 31.2 Å². The Morgan fingerprint density at radius 2 is 1.90 bits per heavy atom. The number of hydrogen-bond acceptors (Lipinski definition) is 7. The number of thiophene rings is 1. The predicted octanol–water partition coefficient (Wildman–Crippen LogP) is 3.26. The van der Waals surface area contributed by atoms with Crippen LogP contribution >= 0.6 is 11.3 Å². The van der Waals surface area contributed by atoms with E-state index in [4.69, 9.17) is 9.47 Å². The SMILES string of the molecule is CCOC(=O)c1cc2cc(NC(=O)c3cccc(S(=O)(=O)NCCOC)c3)ccc2s1. The first-order valence-corrected chi connectivity index (χ1v) is 11.7. The molecule has 8 nitrogen and oxygen atoms in total. The van der Waals surface area contributed by atoms with Crippen molar-refractivity contribution in [1.82, 2.24) is 4.72 Å². The highest BCUT2D eigenvalue weighted by atomic mass is 32.2. The van der Waals surface area contributed by atoms with Crippen molar-refractivity contribution in [2.45, 2.75) is 11.8 Å². The lowest BCUT2D eigenvalue weighted by molar-refractivity contribution is 0.0532. The summed E-state index contributed by atoms with van der Waals surface area (Å²) in [4.78, 5) is 25.1. The Labute approximate surface area is 184 Å². The van der Waals surface area contributed by atoms with Crippen molar-refractivity contribution in [1.29, 1.82) is 0 Å². The van der Waals surface area contributed by atoms with Crippen LogP contribution in [0, 0.1) is 0 Å². The summed E-state index contributed by atoms with van der Waals surface area (Å²) in [5.41, 5.74) is 0.726. The smallest absolute Gasteiger partial charge is 0.348 e. The number of fused-ring (bicyclic) bond motifs is 1. The van der Waals surface area contributed by atoms with Gasteiger partial charge in [-0.15, -0.1) is 11.3 Å². The molecule has 2 N–H and O–H groups in total. The Kier molecular flexibility index (Phi) is 7.39. The summed E-state index contributed by atoms with van der Waals surface area (Å²) in [5.74, 6) is -0.833. The molecule has 0 aliphatic heterocycles. The predicted molar refractivity (Wildman–Crippen MR) is 119 cm³/mol. The number of methoxy groups -OCH3 is 1. The van der Waals surface area contributed by atoms with E-state index in [9.17, 15) is 18.0 Å². The molecule has 0 unspecified atom stereocenters. The van der Waals surface area contributed by atoms with E-state index in [1.807, 2.05) is 0 Å². The molecule has 31 heavy (non-hydrogen) atoms. The van der Waals surface area contributed by atoms with Crippen LogP contribution in [0.5, 0.6) is 0 Å². The van der Waals surface area contributed by atoms with Crippen molar-refractivity contribution >= 4 is 49.0 Å². The molecule has 0 atom stereocenters. The Morgan fingerprint density at radius 1 is 1.10 bits per heavy atom. The average molecular weight is 463 g/mol. The van der Waals surface area contributed by atoms with Gasteiger partial charge in [0.2, 0.25) is 10.0 Å². The van der Waals surface area contributed by atoms with Gasteiger partial charge in [-0.2, -0.15) is 0 Å². The van der Waals surface area contributed by atoms with Crippen LogP contribution in [-0.4, -0.2) is 47.2 Å². The first-order valence-electron chi connectivity index (χ1n) is 9.45. The van der Waals surface area contributed by atoms with Gasteiger partial charge in [-0.25, -0.2) is 17.9 Å². The zero-order chi connectivity index (χ0) is 22.4. The number of rotatable bonds is 9. The summed E-state index contributed by atoms with van der Waals surface area (Å²) in [6.07, 6.45) is 0. The Balaban J connectivity index is 1.77. The quantitative estimate of drug-likeness (QED) is 0.373. The molecule has 0 aliphatic carbocycles. The fourth-order valence-corrected chi connectivity index (χ4v) is 4.79. The van der Waals surface area contributed by atoms with Crippen LogP contribution in [0.4, 0.5) is 5.69 Å². The maximum absolute atomic E-state index is 12.7. The van der Waals surface area contributed by atoms with Crippen molar-refractivity contribution < 1.29 is 27.5 Å². The summed E-state index contributed by atoms with van der Waals surface area (Å²) in [7, 11) is -2.28. The highest BCUT2D eigenvalue weighted by molar-refractivity contribution is 7.89. The van der Waals surface area contributed by atoms with Gasteiger partial charge >= 0.3 is 5.97 Å². The van der Waals surface area contributed by atoms with Gasteiger partial charge in [-0.1, -0.05) is 6.07 Å². The minimum atomic E-state index is -3.75. The summed E-state index contributed by atoms with van der Waals surface area (Å²) < 4.78 is 37.9. The van der Waals surface area contributed by atoms with Gasteiger partial charge in [0.15, 0.2) is 0 Å². The van der Waals surface area contributed by atoms with Gasteiger partial charge in [0, 0.05) is 29.6 Å². The molecule has 1 aromatic heterocycles. The third-order valence-corrected chi connectivity index (χ3v) is 6.81. The topological polar surface area (TPSA) is 111 Å². The molecule has 0 saturated carbocycles. The van der Waals surface area contributed by atoms with Crippen molar-refractivity contribution in [3.8, 4) is 0 Å². The van der Waals surface area contributed by atoms with Crippen LogP contribution in [0.2, 0.25) is 0 Å². The number of esters is 1. The largest absolute Gasteiger partial charge is 0.462 e. The van der Waals surface area contributed by atoms with Crippen molar-refractivity contribution in [3.05, 3.63) is 59.0 Å². The van der Waals surface area contributed by atoms with Gasteiger partial charge in [0.1, 0.15) is 4.88 Å². The number of ether oxygens (including phenoxy) is 2. The third kappa shape index (κ3) is 5.67. The van der Waals surface area contributed by atoms with Gasteiger partial charge in [0.05, 0.1) is 18.1 Å². The molecule has 0 fully saturated rings. The molecule has 0 radical (unpaired) electrons. The Hall–Kier alpha value is -2.79. The minimum absolute atomic E-state index is 0.0105. The molecule has 164 valence electrons. The molecule has 10 heteroatoms. The first kappa shape index (κ1) is 22.9. The summed E-state index contributed by atoms with van der Waals surface area (Å²) in [5, 5.41) is 3.56. The number of anilines is 1. The number of amides is 1. The van der Waals surface area contributed by atoms with E-state index in [0.29, 0.717) is 17.2 Å². The highest BCUT2D eigenvalue weighted by Crippen LogP contribution is 2.29. The molecule has 3 rings (SSSR count). The molecule has 0 bridgehead atoms. The number of benzene rings is 2.